The topological polar surface area (TPSA) is 35.5 Å². The summed E-state index contributed by atoms with van der Waals surface area (Å²) >= 11 is 0. The summed E-state index contributed by atoms with van der Waals surface area (Å²) in [5.74, 6) is 0.994. The van der Waals surface area contributed by atoms with Crippen molar-refractivity contribution in [1.82, 2.24) is 20.0 Å². The van der Waals surface area contributed by atoms with Crippen molar-refractivity contribution >= 4 is 5.82 Å². The highest BCUT2D eigenvalue weighted by atomic mass is 15.3. The Hall–Kier alpha value is -1.98. The van der Waals surface area contributed by atoms with Gasteiger partial charge in [-0.3, -0.25) is 9.80 Å². The van der Waals surface area contributed by atoms with Crippen molar-refractivity contribution in [2.45, 2.75) is 45.7 Å². The summed E-state index contributed by atoms with van der Waals surface area (Å²) in [5, 5.41) is 9.02. The number of anilines is 1. The van der Waals surface area contributed by atoms with E-state index in [9.17, 15) is 0 Å². The van der Waals surface area contributed by atoms with Gasteiger partial charge in [0.25, 0.3) is 0 Å². The highest BCUT2D eigenvalue weighted by Gasteiger charge is 2.20. The largest absolute Gasteiger partial charge is 0.353 e. The molecule has 150 valence electrons. The fraction of sp³-hybridized carbons (Fsp3) is 0.565. The van der Waals surface area contributed by atoms with E-state index in [2.05, 4.69) is 75.1 Å². The van der Waals surface area contributed by atoms with Gasteiger partial charge in [-0.25, -0.2) is 0 Å². The molecule has 1 aromatic carbocycles. The van der Waals surface area contributed by atoms with Gasteiger partial charge in [0.15, 0.2) is 5.82 Å². The molecule has 2 aliphatic rings. The maximum atomic E-state index is 4.51. The molecule has 3 heterocycles. The molecule has 0 amide bonds. The van der Waals surface area contributed by atoms with E-state index < -0.39 is 0 Å². The van der Waals surface area contributed by atoms with Crippen LogP contribution in [0.25, 0.3) is 11.3 Å². The zero-order chi connectivity index (χ0) is 19.3. The fourth-order valence-corrected chi connectivity index (χ4v) is 4.27. The van der Waals surface area contributed by atoms with Crippen molar-refractivity contribution < 1.29 is 0 Å². The molecule has 28 heavy (non-hydrogen) atoms. The van der Waals surface area contributed by atoms with Gasteiger partial charge >= 0.3 is 0 Å². The molecule has 0 unspecified atom stereocenters. The number of nitrogens with zero attached hydrogens (tertiary/aromatic N) is 5. The van der Waals surface area contributed by atoms with Crippen LogP contribution in [0.5, 0.6) is 0 Å². The van der Waals surface area contributed by atoms with Crippen LogP contribution in [0, 0.1) is 0 Å². The number of benzene rings is 1. The Morgan fingerprint density at radius 3 is 2.11 bits per heavy atom. The lowest BCUT2D eigenvalue weighted by Gasteiger charge is -2.37. The number of hydrogen-bond acceptors (Lipinski definition) is 5. The highest BCUT2D eigenvalue weighted by Crippen LogP contribution is 2.21. The molecular weight excluding hydrogens is 346 g/mol. The second kappa shape index (κ2) is 9.01. The van der Waals surface area contributed by atoms with Gasteiger partial charge in [-0.15, -0.1) is 10.2 Å². The summed E-state index contributed by atoms with van der Waals surface area (Å²) < 4.78 is 0. The summed E-state index contributed by atoms with van der Waals surface area (Å²) in [7, 11) is 0. The maximum Gasteiger partial charge on any atom is 0.151 e. The summed E-state index contributed by atoms with van der Waals surface area (Å²) in [6.07, 6.45) is 4.07. The molecule has 0 aliphatic carbocycles. The van der Waals surface area contributed by atoms with Crippen molar-refractivity contribution in [3.63, 3.8) is 0 Å². The average Bonchev–Trinajstić information content (AvgIpc) is 2.75. The Bertz CT molecular complexity index is 727. The van der Waals surface area contributed by atoms with E-state index in [1.54, 1.807) is 0 Å². The van der Waals surface area contributed by atoms with Gasteiger partial charge in [-0.05, 0) is 57.5 Å². The normalized spacial score (nSPS) is 19.3. The predicted octanol–water partition coefficient (Wildman–Crippen LogP) is 3.66. The van der Waals surface area contributed by atoms with E-state index in [0.717, 1.165) is 49.8 Å². The van der Waals surface area contributed by atoms with Gasteiger partial charge in [-0.1, -0.05) is 30.7 Å². The van der Waals surface area contributed by atoms with Crippen molar-refractivity contribution in [3.8, 4) is 11.3 Å². The standard InChI is InChI=1S/C23H33N5/c1-19(2)27-14-16-28(17-15-27)23-11-10-22(24-25-23)21-8-6-20(7-9-21)18-26-12-4-3-5-13-26/h6-11,19H,3-5,12-18H2,1-2H3. The van der Waals surface area contributed by atoms with Crippen LogP contribution in [0.3, 0.4) is 0 Å². The lowest BCUT2D eigenvalue weighted by atomic mass is 10.1. The maximum absolute atomic E-state index is 4.51. The molecule has 5 nitrogen and oxygen atoms in total. The van der Waals surface area contributed by atoms with E-state index >= 15 is 0 Å². The number of piperazine rings is 1. The predicted molar refractivity (Wildman–Crippen MR) is 116 cm³/mol. The van der Waals surface area contributed by atoms with Crippen molar-refractivity contribution in [2.24, 2.45) is 0 Å². The Balaban J connectivity index is 1.36. The van der Waals surface area contributed by atoms with Gasteiger partial charge in [0.05, 0.1) is 5.69 Å². The van der Waals surface area contributed by atoms with Gasteiger partial charge in [-0.2, -0.15) is 0 Å². The Morgan fingerprint density at radius 2 is 1.50 bits per heavy atom. The Labute approximate surface area is 169 Å². The molecule has 0 saturated carbocycles. The zero-order valence-electron chi connectivity index (χ0n) is 17.3. The molecule has 0 spiro atoms. The summed E-state index contributed by atoms with van der Waals surface area (Å²) in [5.41, 5.74) is 3.48. The first-order valence-electron chi connectivity index (χ1n) is 10.8. The Kier molecular flexibility index (Phi) is 6.23. The first-order valence-corrected chi connectivity index (χ1v) is 10.8. The fourth-order valence-electron chi connectivity index (χ4n) is 4.27. The molecule has 0 radical (unpaired) electrons. The van der Waals surface area contributed by atoms with Crippen LogP contribution in [0.1, 0.15) is 38.7 Å². The second-order valence-corrected chi connectivity index (χ2v) is 8.43. The van der Waals surface area contributed by atoms with Gasteiger partial charge in [0, 0.05) is 44.3 Å². The zero-order valence-corrected chi connectivity index (χ0v) is 17.3. The summed E-state index contributed by atoms with van der Waals surface area (Å²) in [4.78, 5) is 7.42. The first kappa shape index (κ1) is 19.3. The highest BCUT2D eigenvalue weighted by molar-refractivity contribution is 5.60. The molecule has 2 aliphatic heterocycles. The van der Waals surface area contributed by atoms with E-state index in [-0.39, 0.29) is 0 Å². The van der Waals surface area contributed by atoms with Crippen LogP contribution in [0.4, 0.5) is 5.82 Å². The average molecular weight is 380 g/mol. The molecule has 4 rings (SSSR count). The smallest absolute Gasteiger partial charge is 0.151 e. The van der Waals surface area contributed by atoms with Crippen LogP contribution in [0.15, 0.2) is 36.4 Å². The third-order valence-corrected chi connectivity index (χ3v) is 6.12. The van der Waals surface area contributed by atoms with Crippen LogP contribution in [0.2, 0.25) is 0 Å². The summed E-state index contributed by atoms with van der Waals surface area (Å²) in [6.45, 7) is 12.3. The third kappa shape index (κ3) is 4.70. The van der Waals surface area contributed by atoms with Crippen LogP contribution >= 0.6 is 0 Å². The molecular formula is C23H33N5. The molecule has 1 aromatic heterocycles. The number of likely N-dealkylation sites (tertiary alicyclic amines) is 1. The minimum absolute atomic E-state index is 0.619. The van der Waals surface area contributed by atoms with Crippen LogP contribution in [-0.4, -0.2) is 65.3 Å². The monoisotopic (exact) mass is 379 g/mol. The molecule has 5 heteroatoms. The molecule has 0 atom stereocenters. The lowest BCUT2D eigenvalue weighted by Crippen LogP contribution is -2.49. The third-order valence-electron chi connectivity index (χ3n) is 6.12. The SMILES string of the molecule is CC(C)N1CCN(c2ccc(-c3ccc(CN4CCCCC4)cc3)nn2)CC1. The van der Waals surface area contributed by atoms with Gasteiger partial charge in [0.2, 0.25) is 0 Å². The minimum atomic E-state index is 0.619. The Morgan fingerprint density at radius 1 is 0.786 bits per heavy atom. The van der Waals surface area contributed by atoms with Gasteiger partial charge < -0.3 is 4.90 Å². The number of piperidine rings is 1. The number of hydrogen-bond donors (Lipinski definition) is 0. The van der Waals surface area contributed by atoms with Crippen LogP contribution in [-0.2, 0) is 6.54 Å². The van der Waals surface area contributed by atoms with Crippen molar-refractivity contribution in [3.05, 3.63) is 42.0 Å². The minimum Gasteiger partial charge on any atom is -0.353 e. The van der Waals surface area contributed by atoms with E-state index in [0.29, 0.717) is 6.04 Å². The quantitative estimate of drug-likeness (QED) is 0.792. The first-order chi connectivity index (χ1) is 13.7. The van der Waals surface area contributed by atoms with Crippen LogP contribution < -0.4 is 4.90 Å². The lowest BCUT2D eigenvalue weighted by molar-refractivity contribution is 0.209. The van der Waals surface area contributed by atoms with E-state index in [1.165, 1.54) is 37.9 Å². The number of rotatable bonds is 5. The molecule has 0 N–H and O–H groups in total. The second-order valence-electron chi connectivity index (χ2n) is 8.43. The number of aromatic nitrogens is 2. The van der Waals surface area contributed by atoms with Gasteiger partial charge in [0.1, 0.15) is 0 Å². The van der Waals surface area contributed by atoms with Crippen molar-refractivity contribution in [2.75, 3.05) is 44.2 Å². The molecule has 2 fully saturated rings. The van der Waals surface area contributed by atoms with E-state index in [4.69, 9.17) is 0 Å². The molecule has 0 bridgehead atoms. The van der Waals surface area contributed by atoms with Crippen molar-refractivity contribution in [1.29, 1.82) is 0 Å². The molecule has 2 aromatic rings. The molecule has 2 saturated heterocycles. The van der Waals surface area contributed by atoms with E-state index in [1.807, 2.05) is 0 Å². The summed E-state index contributed by atoms with van der Waals surface area (Å²) in [6, 6.07) is 13.7.